The minimum absolute atomic E-state index is 0.0623. The van der Waals surface area contributed by atoms with Crippen LogP contribution in [0.3, 0.4) is 0 Å². The molecule has 0 N–H and O–H groups in total. The fourth-order valence-electron chi connectivity index (χ4n) is 2.43. The third kappa shape index (κ3) is 4.69. The third-order valence-corrected chi connectivity index (χ3v) is 3.86. The fraction of sp³-hybridized carbons (Fsp3) is 0.733. The first-order chi connectivity index (χ1) is 9.16. The number of hydrogen-bond acceptors (Lipinski definition) is 3. The van der Waals surface area contributed by atoms with Crippen molar-refractivity contribution in [1.82, 2.24) is 4.90 Å². The number of carbonyl (C=O) groups excluding carboxylic acids is 2. The number of allylic oxidation sites excluding steroid dienone is 1. The van der Waals surface area contributed by atoms with Crippen LogP contribution in [0.25, 0.3) is 0 Å². The highest BCUT2D eigenvalue weighted by Crippen LogP contribution is 2.35. The second-order valence-electron chi connectivity index (χ2n) is 5.57. The fourth-order valence-corrected chi connectivity index (χ4v) is 2.43. The van der Waals surface area contributed by atoms with Gasteiger partial charge in [0.15, 0.2) is 6.61 Å². The number of ether oxygens (including phenoxy) is 1. The molecule has 1 saturated heterocycles. The summed E-state index contributed by atoms with van der Waals surface area (Å²) in [7, 11) is 0. The van der Waals surface area contributed by atoms with Crippen molar-refractivity contribution >= 4 is 11.9 Å². The van der Waals surface area contributed by atoms with Gasteiger partial charge < -0.3 is 9.64 Å². The van der Waals surface area contributed by atoms with E-state index in [0.717, 1.165) is 31.5 Å². The molecule has 4 heteroatoms. The van der Waals surface area contributed by atoms with Crippen LogP contribution in [0.1, 0.15) is 45.4 Å². The average molecular weight is 265 g/mol. The maximum atomic E-state index is 11.9. The summed E-state index contributed by atoms with van der Waals surface area (Å²) in [6, 6.07) is 0. The van der Waals surface area contributed by atoms with Gasteiger partial charge in [-0.2, -0.15) is 0 Å². The van der Waals surface area contributed by atoms with Gasteiger partial charge in [0, 0.05) is 19.2 Å². The van der Waals surface area contributed by atoms with Crippen molar-refractivity contribution in [3.63, 3.8) is 0 Å². The lowest BCUT2D eigenvalue weighted by Crippen LogP contribution is -2.35. The Bertz CT molecular complexity index is 364. The minimum Gasteiger partial charge on any atom is -0.452 e. The second-order valence-corrected chi connectivity index (χ2v) is 5.57. The highest BCUT2D eigenvalue weighted by Gasteiger charge is 2.24. The molecule has 106 valence electrons. The molecule has 1 saturated carbocycles. The number of nitrogens with zero attached hydrogens (tertiary/aromatic N) is 1. The molecule has 2 fully saturated rings. The van der Waals surface area contributed by atoms with Gasteiger partial charge in [-0.1, -0.05) is 18.4 Å². The van der Waals surface area contributed by atoms with Crippen LogP contribution < -0.4 is 0 Å². The molecule has 0 aromatic heterocycles. The zero-order chi connectivity index (χ0) is 13.7. The molecule has 0 aromatic carbocycles. The monoisotopic (exact) mass is 265 g/mol. The van der Waals surface area contributed by atoms with E-state index in [0.29, 0.717) is 5.92 Å². The molecule has 19 heavy (non-hydrogen) atoms. The van der Waals surface area contributed by atoms with Gasteiger partial charge in [-0.3, -0.25) is 4.79 Å². The largest absolute Gasteiger partial charge is 0.452 e. The number of carbonyl (C=O) groups is 2. The van der Waals surface area contributed by atoms with E-state index in [-0.39, 0.29) is 18.5 Å². The number of esters is 1. The van der Waals surface area contributed by atoms with E-state index >= 15 is 0 Å². The Morgan fingerprint density at radius 3 is 2.37 bits per heavy atom. The first kappa shape index (κ1) is 14.1. The van der Waals surface area contributed by atoms with Crippen LogP contribution >= 0.6 is 0 Å². The van der Waals surface area contributed by atoms with Crippen LogP contribution in [0.4, 0.5) is 0 Å². The van der Waals surface area contributed by atoms with Crippen LogP contribution in [-0.4, -0.2) is 36.5 Å². The van der Waals surface area contributed by atoms with Gasteiger partial charge in [-0.15, -0.1) is 0 Å². The van der Waals surface area contributed by atoms with Gasteiger partial charge >= 0.3 is 5.97 Å². The van der Waals surface area contributed by atoms with Crippen LogP contribution in [0.2, 0.25) is 0 Å². The lowest BCUT2D eigenvalue weighted by atomic mass is 10.2. The van der Waals surface area contributed by atoms with Gasteiger partial charge in [0.2, 0.25) is 0 Å². The van der Waals surface area contributed by atoms with Crippen molar-refractivity contribution in [1.29, 1.82) is 0 Å². The Labute approximate surface area is 114 Å². The van der Waals surface area contributed by atoms with Gasteiger partial charge in [0.05, 0.1) is 0 Å². The van der Waals surface area contributed by atoms with Crippen LogP contribution in [0.5, 0.6) is 0 Å². The molecule has 0 radical (unpaired) electrons. The summed E-state index contributed by atoms with van der Waals surface area (Å²) in [6.07, 6.45) is 8.36. The lowest BCUT2D eigenvalue weighted by Gasteiger charge is -2.19. The van der Waals surface area contributed by atoms with E-state index < -0.39 is 0 Å². The Kier molecular flexibility index (Phi) is 5.00. The Morgan fingerprint density at radius 2 is 1.79 bits per heavy atom. The highest BCUT2D eigenvalue weighted by molar-refractivity contribution is 5.86. The molecule has 2 aliphatic rings. The molecule has 0 bridgehead atoms. The molecule has 1 amide bonds. The first-order valence-corrected chi connectivity index (χ1v) is 7.29. The zero-order valence-corrected chi connectivity index (χ0v) is 11.7. The molecule has 1 heterocycles. The van der Waals surface area contributed by atoms with Crippen molar-refractivity contribution in [2.75, 3.05) is 19.7 Å². The van der Waals surface area contributed by atoms with Gasteiger partial charge in [0.25, 0.3) is 5.91 Å². The van der Waals surface area contributed by atoms with Crippen molar-refractivity contribution < 1.29 is 14.3 Å². The van der Waals surface area contributed by atoms with Crippen LogP contribution in [0, 0.1) is 5.92 Å². The van der Waals surface area contributed by atoms with E-state index in [4.69, 9.17) is 4.74 Å². The topological polar surface area (TPSA) is 46.6 Å². The standard InChI is InChI=1S/C15H23NO3/c1-12(13-6-7-13)10-15(18)19-11-14(17)16-8-4-2-3-5-9-16/h10,13H,2-9,11H2,1H3. The molecule has 1 aliphatic carbocycles. The second kappa shape index (κ2) is 6.73. The lowest BCUT2D eigenvalue weighted by molar-refractivity contribution is -0.148. The van der Waals surface area contributed by atoms with Gasteiger partial charge in [-0.25, -0.2) is 4.79 Å². The Morgan fingerprint density at radius 1 is 1.16 bits per heavy atom. The zero-order valence-electron chi connectivity index (χ0n) is 11.7. The molecule has 2 rings (SSSR count). The SMILES string of the molecule is CC(=CC(=O)OCC(=O)N1CCCCCC1)C1CC1. The van der Waals surface area contributed by atoms with E-state index in [1.807, 2.05) is 11.8 Å². The van der Waals surface area contributed by atoms with Gasteiger partial charge in [-0.05, 0) is 38.5 Å². The average Bonchev–Trinajstić information content (AvgIpc) is 3.21. The molecule has 4 nitrogen and oxygen atoms in total. The molecule has 0 spiro atoms. The van der Waals surface area contributed by atoms with E-state index in [2.05, 4.69) is 0 Å². The summed E-state index contributed by atoms with van der Waals surface area (Å²) in [5.74, 6) is 0.120. The third-order valence-electron chi connectivity index (χ3n) is 3.86. The van der Waals surface area contributed by atoms with Crippen molar-refractivity contribution in [3.05, 3.63) is 11.6 Å². The van der Waals surface area contributed by atoms with E-state index in [9.17, 15) is 9.59 Å². The predicted octanol–water partition coefficient (Wildman–Crippen LogP) is 2.29. The van der Waals surface area contributed by atoms with E-state index in [1.54, 1.807) is 0 Å². The van der Waals surface area contributed by atoms with Crippen molar-refractivity contribution in [2.45, 2.75) is 45.4 Å². The number of likely N-dealkylation sites (tertiary alicyclic amines) is 1. The van der Waals surface area contributed by atoms with Crippen molar-refractivity contribution in [2.24, 2.45) is 5.92 Å². The molecular formula is C15H23NO3. The van der Waals surface area contributed by atoms with Crippen LogP contribution in [0.15, 0.2) is 11.6 Å². The summed E-state index contributed by atoms with van der Waals surface area (Å²) in [6.45, 7) is 3.43. The molecule has 0 atom stereocenters. The summed E-state index contributed by atoms with van der Waals surface area (Å²) in [5, 5.41) is 0. The number of hydrogen-bond donors (Lipinski definition) is 0. The summed E-state index contributed by atoms with van der Waals surface area (Å²) >= 11 is 0. The molecular weight excluding hydrogens is 242 g/mol. The quantitative estimate of drug-likeness (QED) is 0.579. The smallest absolute Gasteiger partial charge is 0.331 e. The van der Waals surface area contributed by atoms with Crippen LogP contribution in [-0.2, 0) is 14.3 Å². The number of amides is 1. The predicted molar refractivity (Wildman–Crippen MR) is 72.5 cm³/mol. The summed E-state index contributed by atoms with van der Waals surface area (Å²) < 4.78 is 5.04. The maximum Gasteiger partial charge on any atom is 0.331 e. The first-order valence-electron chi connectivity index (χ1n) is 7.29. The molecule has 1 aliphatic heterocycles. The minimum atomic E-state index is -0.382. The maximum absolute atomic E-state index is 11.9. The molecule has 0 unspecified atom stereocenters. The Hall–Kier alpha value is -1.32. The normalized spacial score (nSPS) is 20.9. The number of rotatable bonds is 4. The van der Waals surface area contributed by atoms with E-state index in [1.165, 1.54) is 31.8 Å². The van der Waals surface area contributed by atoms with Crippen molar-refractivity contribution in [3.8, 4) is 0 Å². The molecule has 0 aromatic rings. The highest BCUT2D eigenvalue weighted by atomic mass is 16.5. The Balaban J connectivity index is 1.72. The van der Waals surface area contributed by atoms with Gasteiger partial charge in [0.1, 0.15) is 0 Å². The summed E-state index contributed by atoms with van der Waals surface area (Å²) in [5.41, 5.74) is 1.08. The summed E-state index contributed by atoms with van der Waals surface area (Å²) in [4.78, 5) is 25.3.